The van der Waals surface area contributed by atoms with Gasteiger partial charge in [0, 0.05) is 13.5 Å². The molecule has 107 valence electrons. The molecule has 1 radical (unpaired) electrons. The van der Waals surface area contributed by atoms with E-state index in [9.17, 15) is 4.79 Å². The average Bonchev–Trinajstić information content (AvgIpc) is 2.39. The number of carbonyl (C=O) groups is 1. The van der Waals surface area contributed by atoms with Gasteiger partial charge in [-0.15, -0.1) is 0 Å². The Kier molecular flexibility index (Phi) is 14.1. The fourth-order valence-corrected chi connectivity index (χ4v) is 2.21. The van der Waals surface area contributed by atoms with Crippen molar-refractivity contribution in [2.45, 2.75) is 90.4 Å². The molecule has 2 nitrogen and oxygen atoms in total. The molecule has 1 amide bonds. The van der Waals surface area contributed by atoms with Crippen LogP contribution in [0, 0.1) is 7.05 Å². The number of carbonyl (C=O) groups excluding carboxylic acids is 1. The van der Waals surface area contributed by atoms with Crippen LogP contribution in [0.2, 0.25) is 0 Å². The summed E-state index contributed by atoms with van der Waals surface area (Å²) in [6.45, 7) is 2.26. The van der Waals surface area contributed by atoms with Crippen molar-refractivity contribution in [1.29, 1.82) is 0 Å². The smallest absolute Gasteiger partial charge is 0.220 e. The van der Waals surface area contributed by atoms with Crippen LogP contribution in [0.1, 0.15) is 90.4 Å². The average molecular weight is 254 g/mol. The van der Waals surface area contributed by atoms with E-state index in [1.54, 1.807) is 0 Å². The maximum atomic E-state index is 10.9. The molecule has 0 aromatic rings. The first-order chi connectivity index (χ1) is 8.81. The van der Waals surface area contributed by atoms with E-state index >= 15 is 0 Å². The topological polar surface area (TPSA) is 29.1 Å². The van der Waals surface area contributed by atoms with Crippen LogP contribution < -0.4 is 5.32 Å². The first-order valence-corrected chi connectivity index (χ1v) is 7.87. The maximum absolute atomic E-state index is 10.9. The van der Waals surface area contributed by atoms with Gasteiger partial charge in [0.05, 0.1) is 0 Å². The van der Waals surface area contributed by atoms with Crippen molar-refractivity contribution in [1.82, 2.24) is 5.32 Å². The number of hydrogen-bond donors (Lipinski definition) is 1. The van der Waals surface area contributed by atoms with E-state index in [0.29, 0.717) is 6.42 Å². The van der Waals surface area contributed by atoms with Gasteiger partial charge in [0.2, 0.25) is 5.91 Å². The first-order valence-electron chi connectivity index (χ1n) is 7.87. The fourth-order valence-electron chi connectivity index (χ4n) is 2.21. The zero-order valence-electron chi connectivity index (χ0n) is 12.3. The van der Waals surface area contributed by atoms with Gasteiger partial charge in [0.15, 0.2) is 0 Å². The highest BCUT2D eigenvalue weighted by Gasteiger charge is 1.97. The third kappa shape index (κ3) is 13.5. The minimum absolute atomic E-state index is 0.0714. The molecule has 0 bridgehead atoms. The summed E-state index contributed by atoms with van der Waals surface area (Å²) in [5.41, 5.74) is 0. The molecular weight excluding hydrogens is 222 g/mol. The van der Waals surface area contributed by atoms with Crippen molar-refractivity contribution in [2.75, 3.05) is 0 Å². The van der Waals surface area contributed by atoms with Crippen LogP contribution in [0.5, 0.6) is 0 Å². The molecule has 1 N–H and O–H groups in total. The van der Waals surface area contributed by atoms with Gasteiger partial charge < -0.3 is 5.32 Å². The summed E-state index contributed by atoms with van der Waals surface area (Å²) in [5, 5.41) is 2.42. The van der Waals surface area contributed by atoms with Crippen molar-refractivity contribution >= 4 is 5.91 Å². The monoisotopic (exact) mass is 254 g/mol. The highest BCUT2D eigenvalue weighted by Crippen LogP contribution is 2.12. The van der Waals surface area contributed by atoms with Crippen molar-refractivity contribution < 1.29 is 4.79 Å². The highest BCUT2D eigenvalue weighted by atomic mass is 16.1. The Labute approximate surface area is 114 Å². The molecule has 0 spiro atoms. The normalized spacial score (nSPS) is 10.6. The third-order valence-corrected chi connectivity index (χ3v) is 3.45. The molecule has 0 heterocycles. The summed E-state index contributed by atoms with van der Waals surface area (Å²) >= 11 is 0. The van der Waals surface area contributed by atoms with E-state index < -0.39 is 0 Å². The van der Waals surface area contributed by atoms with Gasteiger partial charge in [-0.3, -0.25) is 4.79 Å². The molecule has 0 aromatic heterocycles. The molecule has 2 heteroatoms. The standard InChI is InChI=1S/C16H32NO/c1-3-4-5-6-7-8-9-10-11-12-13-14-15-16(18)17-2/h2-15H2,1H3,(H,17,18). The molecule has 0 saturated heterocycles. The first kappa shape index (κ1) is 17.5. The lowest BCUT2D eigenvalue weighted by Gasteiger charge is -2.02. The Morgan fingerprint density at radius 3 is 1.56 bits per heavy atom. The molecule has 0 aromatic carbocycles. The molecule has 0 aliphatic rings. The summed E-state index contributed by atoms with van der Waals surface area (Å²) in [7, 11) is 3.36. The quantitative estimate of drug-likeness (QED) is 0.461. The summed E-state index contributed by atoms with van der Waals surface area (Å²) in [6.07, 6.45) is 16.6. The van der Waals surface area contributed by atoms with E-state index in [4.69, 9.17) is 0 Å². The number of rotatable bonds is 13. The largest absolute Gasteiger partial charge is 0.354 e. The van der Waals surface area contributed by atoms with Crippen LogP contribution in [0.3, 0.4) is 0 Å². The van der Waals surface area contributed by atoms with E-state index in [1.807, 2.05) is 0 Å². The van der Waals surface area contributed by atoms with Crippen molar-refractivity contribution in [2.24, 2.45) is 0 Å². The van der Waals surface area contributed by atoms with E-state index in [2.05, 4.69) is 19.3 Å². The second-order valence-corrected chi connectivity index (χ2v) is 5.24. The zero-order chi connectivity index (χ0) is 13.5. The van der Waals surface area contributed by atoms with Gasteiger partial charge in [-0.05, 0) is 6.42 Å². The predicted octanol–water partition coefficient (Wildman–Crippen LogP) is 4.99. The van der Waals surface area contributed by atoms with Gasteiger partial charge in [-0.1, -0.05) is 77.6 Å². The van der Waals surface area contributed by atoms with Gasteiger partial charge in [-0.2, -0.15) is 0 Å². The number of amides is 1. The second kappa shape index (κ2) is 14.5. The van der Waals surface area contributed by atoms with Gasteiger partial charge >= 0.3 is 0 Å². The van der Waals surface area contributed by atoms with Crippen molar-refractivity contribution in [3.8, 4) is 0 Å². The molecule has 0 aliphatic carbocycles. The minimum Gasteiger partial charge on any atom is -0.354 e. The Hall–Kier alpha value is -0.530. The van der Waals surface area contributed by atoms with Gasteiger partial charge in [0.25, 0.3) is 0 Å². The zero-order valence-corrected chi connectivity index (χ0v) is 12.3. The Bertz CT molecular complexity index is 180. The summed E-state index contributed by atoms with van der Waals surface area (Å²) in [5.74, 6) is 0.0714. The maximum Gasteiger partial charge on any atom is 0.220 e. The summed E-state index contributed by atoms with van der Waals surface area (Å²) in [4.78, 5) is 10.9. The predicted molar refractivity (Wildman–Crippen MR) is 79.2 cm³/mol. The number of unbranched alkanes of at least 4 members (excludes halogenated alkanes) is 11. The highest BCUT2D eigenvalue weighted by molar-refractivity contribution is 5.75. The Morgan fingerprint density at radius 1 is 0.778 bits per heavy atom. The summed E-state index contributed by atoms with van der Waals surface area (Å²) < 4.78 is 0. The van der Waals surface area contributed by atoms with Crippen LogP contribution in [-0.2, 0) is 4.79 Å². The lowest BCUT2D eigenvalue weighted by Crippen LogP contribution is -2.14. The lowest BCUT2D eigenvalue weighted by molar-refractivity contribution is -0.120. The van der Waals surface area contributed by atoms with Gasteiger partial charge in [0.1, 0.15) is 0 Å². The van der Waals surface area contributed by atoms with Crippen molar-refractivity contribution in [3.05, 3.63) is 7.05 Å². The Balaban J connectivity index is 2.97. The van der Waals surface area contributed by atoms with E-state index in [-0.39, 0.29) is 5.91 Å². The summed E-state index contributed by atoms with van der Waals surface area (Å²) in [6, 6.07) is 0. The third-order valence-electron chi connectivity index (χ3n) is 3.45. The molecule has 0 aliphatic heterocycles. The molecule has 0 rings (SSSR count). The van der Waals surface area contributed by atoms with Crippen molar-refractivity contribution in [3.63, 3.8) is 0 Å². The number of nitrogens with one attached hydrogen (secondary N) is 1. The SMILES string of the molecule is [CH2]NC(=O)CCCCCCCCCCCCCC. The van der Waals surface area contributed by atoms with Crippen LogP contribution in [0.4, 0.5) is 0 Å². The lowest BCUT2D eigenvalue weighted by atomic mass is 10.0. The van der Waals surface area contributed by atoms with Gasteiger partial charge in [-0.25, -0.2) is 0 Å². The molecule has 18 heavy (non-hydrogen) atoms. The number of hydrogen-bond acceptors (Lipinski definition) is 1. The van der Waals surface area contributed by atoms with E-state index in [0.717, 1.165) is 6.42 Å². The Morgan fingerprint density at radius 2 is 1.17 bits per heavy atom. The van der Waals surface area contributed by atoms with E-state index in [1.165, 1.54) is 70.6 Å². The molecule has 0 unspecified atom stereocenters. The fraction of sp³-hybridized carbons (Fsp3) is 0.875. The second-order valence-electron chi connectivity index (χ2n) is 5.24. The molecule has 0 saturated carbocycles. The molecule has 0 fully saturated rings. The van der Waals surface area contributed by atoms with Crippen LogP contribution in [0.25, 0.3) is 0 Å². The van der Waals surface area contributed by atoms with Crippen LogP contribution >= 0.6 is 0 Å². The molecular formula is C16H32NO. The molecule has 0 atom stereocenters. The minimum atomic E-state index is 0.0714. The van der Waals surface area contributed by atoms with Crippen LogP contribution in [-0.4, -0.2) is 5.91 Å². The van der Waals surface area contributed by atoms with Crippen LogP contribution in [0.15, 0.2) is 0 Å².